The number of pyridine rings is 1. The zero-order valence-electron chi connectivity index (χ0n) is 9.42. The number of hydrogen-bond donors (Lipinski definition) is 1. The molecule has 3 aromatic heterocycles. The molecule has 0 fully saturated rings. The molecule has 86 valence electrons. The second-order valence-corrected chi connectivity index (χ2v) is 4.97. The van der Waals surface area contributed by atoms with Crippen molar-refractivity contribution in [2.75, 3.05) is 5.73 Å². The van der Waals surface area contributed by atoms with Crippen LogP contribution in [0.15, 0.2) is 29.8 Å². The number of rotatable bonds is 2. The van der Waals surface area contributed by atoms with E-state index in [1.807, 2.05) is 23.6 Å². The molecule has 0 spiro atoms. The van der Waals surface area contributed by atoms with Crippen molar-refractivity contribution in [3.8, 4) is 0 Å². The van der Waals surface area contributed by atoms with Crippen molar-refractivity contribution in [1.29, 1.82) is 0 Å². The first-order chi connectivity index (χ1) is 8.25. The van der Waals surface area contributed by atoms with E-state index in [4.69, 9.17) is 5.73 Å². The van der Waals surface area contributed by atoms with Gasteiger partial charge in [0.1, 0.15) is 5.52 Å². The van der Waals surface area contributed by atoms with E-state index in [1.54, 1.807) is 17.5 Å². The molecule has 3 aromatic rings. The van der Waals surface area contributed by atoms with E-state index in [0.717, 1.165) is 23.3 Å². The highest BCUT2D eigenvalue weighted by Gasteiger charge is 2.11. The number of aromatic nitrogens is 3. The molecule has 4 nitrogen and oxygen atoms in total. The number of thiophene rings is 1. The SMILES string of the molecule is Cc1ccnc2c1nc(N)n2Cc1cccs1. The summed E-state index contributed by atoms with van der Waals surface area (Å²) in [7, 11) is 0. The maximum atomic E-state index is 5.96. The predicted octanol–water partition coefficient (Wildman–Crippen LogP) is 2.43. The summed E-state index contributed by atoms with van der Waals surface area (Å²) >= 11 is 1.71. The predicted molar refractivity (Wildman–Crippen MR) is 70.1 cm³/mol. The normalized spacial score (nSPS) is 11.1. The summed E-state index contributed by atoms with van der Waals surface area (Å²) in [6.07, 6.45) is 1.80. The molecule has 5 heteroatoms. The molecule has 0 aromatic carbocycles. The highest BCUT2D eigenvalue weighted by atomic mass is 32.1. The fourth-order valence-electron chi connectivity index (χ4n) is 1.87. The molecule has 0 radical (unpaired) electrons. The van der Waals surface area contributed by atoms with Gasteiger partial charge < -0.3 is 5.73 Å². The van der Waals surface area contributed by atoms with Crippen LogP contribution in [0.1, 0.15) is 10.4 Å². The monoisotopic (exact) mass is 244 g/mol. The van der Waals surface area contributed by atoms with Gasteiger partial charge in [0, 0.05) is 11.1 Å². The van der Waals surface area contributed by atoms with Gasteiger partial charge in [0.25, 0.3) is 0 Å². The van der Waals surface area contributed by atoms with Gasteiger partial charge in [-0.1, -0.05) is 6.07 Å². The minimum Gasteiger partial charge on any atom is -0.369 e. The van der Waals surface area contributed by atoms with Crippen molar-refractivity contribution in [3.05, 3.63) is 40.2 Å². The number of imidazole rings is 1. The molecule has 2 N–H and O–H groups in total. The lowest BCUT2D eigenvalue weighted by Crippen LogP contribution is -2.04. The Morgan fingerprint density at radius 3 is 3.06 bits per heavy atom. The van der Waals surface area contributed by atoms with Crippen LogP contribution in [0, 0.1) is 6.92 Å². The number of nitrogens with zero attached hydrogens (tertiary/aromatic N) is 3. The molecule has 0 unspecified atom stereocenters. The van der Waals surface area contributed by atoms with Crippen molar-refractivity contribution >= 4 is 28.4 Å². The van der Waals surface area contributed by atoms with Crippen LogP contribution in [-0.4, -0.2) is 14.5 Å². The van der Waals surface area contributed by atoms with Crippen LogP contribution < -0.4 is 5.73 Å². The van der Waals surface area contributed by atoms with Crippen LogP contribution in [0.5, 0.6) is 0 Å². The Morgan fingerprint density at radius 2 is 2.29 bits per heavy atom. The lowest BCUT2D eigenvalue weighted by Gasteiger charge is -2.03. The molecule has 3 rings (SSSR count). The smallest absolute Gasteiger partial charge is 0.202 e. The van der Waals surface area contributed by atoms with E-state index in [9.17, 15) is 0 Å². The molecule has 0 bridgehead atoms. The van der Waals surface area contributed by atoms with Crippen LogP contribution in [-0.2, 0) is 6.54 Å². The van der Waals surface area contributed by atoms with Crippen LogP contribution in [0.4, 0.5) is 5.95 Å². The summed E-state index contributed by atoms with van der Waals surface area (Å²) < 4.78 is 1.95. The van der Waals surface area contributed by atoms with E-state index >= 15 is 0 Å². The fourth-order valence-corrected chi connectivity index (χ4v) is 2.56. The van der Waals surface area contributed by atoms with Crippen molar-refractivity contribution in [3.63, 3.8) is 0 Å². The molecule has 0 saturated carbocycles. The first kappa shape index (κ1) is 10.3. The highest BCUT2D eigenvalue weighted by molar-refractivity contribution is 7.09. The average molecular weight is 244 g/mol. The summed E-state index contributed by atoms with van der Waals surface area (Å²) in [5.74, 6) is 0.523. The first-order valence-corrected chi connectivity index (χ1v) is 6.23. The molecular weight excluding hydrogens is 232 g/mol. The fraction of sp³-hybridized carbons (Fsp3) is 0.167. The van der Waals surface area contributed by atoms with E-state index < -0.39 is 0 Å². The van der Waals surface area contributed by atoms with E-state index in [1.165, 1.54) is 4.88 Å². The number of nitrogens with two attached hydrogens (primary N) is 1. The number of hydrogen-bond acceptors (Lipinski definition) is 4. The topological polar surface area (TPSA) is 56.7 Å². The number of anilines is 1. The van der Waals surface area contributed by atoms with E-state index in [0.29, 0.717) is 5.95 Å². The lowest BCUT2D eigenvalue weighted by atomic mass is 10.3. The second kappa shape index (κ2) is 3.85. The van der Waals surface area contributed by atoms with Gasteiger partial charge in [0.15, 0.2) is 5.65 Å². The number of aryl methyl sites for hydroxylation is 1. The second-order valence-electron chi connectivity index (χ2n) is 3.94. The molecule has 0 atom stereocenters. The Kier molecular flexibility index (Phi) is 2.33. The van der Waals surface area contributed by atoms with Gasteiger partial charge >= 0.3 is 0 Å². The maximum absolute atomic E-state index is 5.96. The Balaban J connectivity index is 2.16. The third-order valence-electron chi connectivity index (χ3n) is 2.76. The number of fused-ring (bicyclic) bond motifs is 1. The van der Waals surface area contributed by atoms with Gasteiger partial charge in [-0.15, -0.1) is 11.3 Å². The third kappa shape index (κ3) is 1.68. The van der Waals surface area contributed by atoms with Crippen LogP contribution in [0.3, 0.4) is 0 Å². The molecule has 17 heavy (non-hydrogen) atoms. The van der Waals surface area contributed by atoms with E-state index in [2.05, 4.69) is 21.4 Å². The Labute approximate surface area is 103 Å². The van der Waals surface area contributed by atoms with Gasteiger partial charge in [-0.25, -0.2) is 9.97 Å². The van der Waals surface area contributed by atoms with E-state index in [-0.39, 0.29) is 0 Å². The highest BCUT2D eigenvalue weighted by Crippen LogP contribution is 2.21. The van der Waals surface area contributed by atoms with Crippen LogP contribution in [0.25, 0.3) is 11.2 Å². The Morgan fingerprint density at radius 1 is 1.41 bits per heavy atom. The van der Waals surface area contributed by atoms with Gasteiger partial charge in [0.2, 0.25) is 5.95 Å². The molecule has 0 aliphatic heterocycles. The summed E-state index contributed by atoms with van der Waals surface area (Å²) in [5, 5.41) is 2.06. The third-order valence-corrected chi connectivity index (χ3v) is 3.62. The van der Waals surface area contributed by atoms with Crippen molar-refractivity contribution in [1.82, 2.24) is 14.5 Å². The number of nitrogen functional groups attached to an aromatic ring is 1. The quantitative estimate of drug-likeness (QED) is 0.753. The van der Waals surface area contributed by atoms with Gasteiger partial charge in [-0.2, -0.15) is 0 Å². The summed E-state index contributed by atoms with van der Waals surface area (Å²) in [6, 6.07) is 6.07. The summed E-state index contributed by atoms with van der Waals surface area (Å²) in [6.45, 7) is 2.75. The van der Waals surface area contributed by atoms with Crippen LogP contribution in [0.2, 0.25) is 0 Å². The Bertz CT molecular complexity index is 655. The maximum Gasteiger partial charge on any atom is 0.202 e. The summed E-state index contributed by atoms with van der Waals surface area (Å²) in [4.78, 5) is 9.99. The lowest BCUT2D eigenvalue weighted by molar-refractivity contribution is 0.841. The molecular formula is C12H12N4S. The Hall–Kier alpha value is -1.88. The zero-order chi connectivity index (χ0) is 11.8. The van der Waals surface area contributed by atoms with Crippen LogP contribution >= 0.6 is 11.3 Å². The van der Waals surface area contributed by atoms with Gasteiger partial charge in [0.05, 0.1) is 6.54 Å². The molecule has 0 amide bonds. The minimum absolute atomic E-state index is 0.523. The average Bonchev–Trinajstić information content (AvgIpc) is 2.91. The van der Waals surface area contributed by atoms with Gasteiger partial charge in [-0.05, 0) is 30.0 Å². The van der Waals surface area contributed by atoms with Crippen molar-refractivity contribution < 1.29 is 0 Å². The van der Waals surface area contributed by atoms with Gasteiger partial charge in [-0.3, -0.25) is 4.57 Å². The minimum atomic E-state index is 0.523. The first-order valence-electron chi connectivity index (χ1n) is 5.35. The molecule has 0 saturated heterocycles. The molecule has 0 aliphatic carbocycles. The van der Waals surface area contributed by atoms with Crippen molar-refractivity contribution in [2.45, 2.75) is 13.5 Å². The standard InChI is InChI=1S/C12H12N4S/c1-8-4-5-14-11-10(8)15-12(13)16(11)7-9-3-2-6-17-9/h2-6H,7H2,1H3,(H2,13,15). The zero-order valence-corrected chi connectivity index (χ0v) is 10.2. The summed E-state index contributed by atoms with van der Waals surface area (Å²) in [5.41, 5.74) is 8.81. The van der Waals surface area contributed by atoms with Crippen molar-refractivity contribution in [2.24, 2.45) is 0 Å². The molecule has 0 aliphatic rings. The largest absolute Gasteiger partial charge is 0.369 e. The molecule has 3 heterocycles.